The third-order valence-corrected chi connectivity index (χ3v) is 6.02. The molecule has 1 aromatic rings. The van der Waals surface area contributed by atoms with Crippen molar-refractivity contribution in [2.24, 2.45) is 5.92 Å². The Morgan fingerprint density at radius 2 is 2.22 bits per heavy atom. The molecule has 1 saturated carbocycles. The number of nitrogens with one attached hydrogen (secondary N) is 1. The van der Waals surface area contributed by atoms with Gasteiger partial charge in [-0.05, 0) is 25.7 Å². The predicted octanol–water partition coefficient (Wildman–Crippen LogP) is 3.04. The van der Waals surface area contributed by atoms with Crippen molar-refractivity contribution in [3.05, 3.63) is 11.1 Å². The summed E-state index contributed by atoms with van der Waals surface area (Å²) in [5, 5.41) is 4.99. The molecule has 0 bridgehead atoms. The summed E-state index contributed by atoms with van der Waals surface area (Å²) in [4.78, 5) is 27.8. The van der Waals surface area contributed by atoms with E-state index in [2.05, 4.69) is 17.2 Å². The van der Waals surface area contributed by atoms with Crippen molar-refractivity contribution in [1.29, 1.82) is 0 Å². The molecule has 1 amide bonds. The van der Waals surface area contributed by atoms with Gasteiger partial charge in [0.1, 0.15) is 0 Å². The second kappa shape index (κ2) is 9.27. The van der Waals surface area contributed by atoms with Crippen LogP contribution in [0, 0.1) is 5.92 Å². The van der Waals surface area contributed by atoms with Gasteiger partial charge in [0, 0.05) is 11.4 Å². The molecule has 1 aromatic heterocycles. The lowest BCUT2D eigenvalue weighted by atomic mass is 9.86. The quantitative estimate of drug-likeness (QED) is 0.601. The minimum atomic E-state index is -0.265. The summed E-state index contributed by atoms with van der Waals surface area (Å²) < 4.78 is 5.72. The Morgan fingerprint density at radius 3 is 2.96 bits per heavy atom. The van der Waals surface area contributed by atoms with E-state index in [1.807, 2.05) is 5.38 Å². The number of esters is 1. The Kier molecular flexibility index (Phi) is 7.36. The van der Waals surface area contributed by atoms with Gasteiger partial charge in [-0.25, -0.2) is 4.98 Å². The van der Waals surface area contributed by atoms with E-state index in [1.165, 1.54) is 42.4 Å². The molecule has 1 aliphatic rings. The zero-order chi connectivity index (χ0) is 16.7. The van der Waals surface area contributed by atoms with E-state index in [4.69, 9.17) is 4.74 Å². The first-order valence-corrected chi connectivity index (χ1v) is 9.97. The number of carbonyl (C=O) groups excluding carboxylic acids is 2. The van der Waals surface area contributed by atoms with E-state index < -0.39 is 0 Å². The summed E-state index contributed by atoms with van der Waals surface area (Å²) >= 11 is 2.89. The standard InChI is InChI=1S/C16H24N2O3S2/c1-3-21-15(20)8-12-9-22-16(17-12)23-10-14(19)18-13-7-5-4-6-11(13)2/h9,11,13H,3-8,10H2,1-2H3,(H,18,19)/t11-,13+/m0/s1. The van der Waals surface area contributed by atoms with E-state index in [0.717, 1.165) is 10.8 Å². The van der Waals surface area contributed by atoms with Crippen LogP contribution in [0.25, 0.3) is 0 Å². The molecule has 1 N–H and O–H groups in total. The normalized spacial score (nSPS) is 21.0. The molecule has 1 fully saturated rings. The number of hydrogen-bond acceptors (Lipinski definition) is 6. The lowest BCUT2D eigenvalue weighted by molar-refractivity contribution is -0.142. The fourth-order valence-corrected chi connectivity index (χ4v) is 4.36. The van der Waals surface area contributed by atoms with Gasteiger partial charge in [0.15, 0.2) is 4.34 Å². The van der Waals surface area contributed by atoms with Crippen molar-refractivity contribution in [1.82, 2.24) is 10.3 Å². The Labute approximate surface area is 145 Å². The molecule has 0 spiro atoms. The molecule has 0 unspecified atom stereocenters. The largest absolute Gasteiger partial charge is 0.466 e. The first-order chi connectivity index (χ1) is 11.1. The highest BCUT2D eigenvalue weighted by atomic mass is 32.2. The van der Waals surface area contributed by atoms with E-state index in [9.17, 15) is 9.59 Å². The molecular weight excluding hydrogens is 332 g/mol. The molecular formula is C16H24N2O3S2. The van der Waals surface area contributed by atoms with Crippen LogP contribution in [0.2, 0.25) is 0 Å². The molecule has 128 valence electrons. The number of nitrogens with zero attached hydrogens (tertiary/aromatic N) is 1. The van der Waals surface area contributed by atoms with Crippen LogP contribution in [-0.2, 0) is 20.7 Å². The van der Waals surface area contributed by atoms with Crippen LogP contribution in [0.3, 0.4) is 0 Å². The summed E-state index contributed by atoms with van der Waals surface area (Å²) in [5.74, 6) is 0.735. The minimum Gasteiger partial charge on any atom is -0.466 e. The van der Waals surface area contributed by atoms with Crippen LogP contribution < -0.4 is 5.32 Å². The maximum atomic E-state index is 12.1. The van der Waals surface area contributed by atoms with Crippen LogP contribution in [-0.4, -0.2) is 35.3 Å². The van der Waals surface area contributed by atoms with Crippen molar-refractivity contribution < 1.29 is 14.3 Å². The lowest BCUT2D eigenvalue weighted by Gasteiger charge is -2.29. The molecule has 2 atom stereocenters. The molecule has 0 aliphatic heterocycles. The van der Waals surface area contributed by atoms with Gasteiger partial charge < -0.3 is 10.1 Å². The van der Waals surface area contributed by atoms with Crippen molar-refractivity contribution >= 4 is 35.0 Å². The second-order valence-corrected chi connectivity index (χ2v) is 7.89. The number of aromatic nitrogens is 1. The summed E-state index contributed by atoms with van der Waals surface area (Å²) in [6.07, 6.45) is 4.94. The SMILES string of the molecule is CCOC(=O)Cc1csc(SCC(=O)N[C@@H]2CCCC[C@@H]2C)n1. The zero-order valence-electron chi connectivity index (χ0n) is 13.7. The van der Waals surface area contributed by atoms with Crippen LogP contribution in [0.1, 0.15) is 45.2 Å². The highest BCUT2D eigenvalue weighted by Crippen LogP contribution is 2.25. The minimum absolute atomic E-state index is 0.0656. The third kappa shape index (κ3) is 6.14. The number of thioether (sulfide) groups is 1. The van der Waals surface area contributed by atoms with Crippen molar-refractivity contribution in [2.75, 3.05) is 12.4 Å². The van der Waals surface area contributed by atoms with E-state index in [-0.39, 0.29) is 18.3 Å². The molecule has 0 aromatic carbocycles. The predicted molar refractivity (Wildman–Crippen MR) is 92.7 cm³/mol. The second-order valence-electron chi connectivity index (χ2n) is 5.81. The third-order valence-electron chi connectivity index (χ3n) is 3.95. The fourth-order valence-electron chi connectivity index (χ4n) is 2.70. The van der Waals surface area contributed by atoms with Gasteiger partial charge in [-0.2, -0.15) is 0 Å². The van der Waals surface area contributed by atoms with E-state index in [0.29, 0.717) is 30.0 Å². The fraction of sp³-hybridized carbons (Fsp3) is 0.688. The van der Waals surface area contributed by atoms with E-state index >= 15 is 0 Å². The molecule has 23 heavy (non-hydrogen) atoms. The maximum absolute atomic E-state index is 12.1. The Balaban J connectivity index is 1.74. The van der Waals surface area contributed by atoms with Crippen molar-refractivity contribution in [3.63, 3.8) is 0 Å². The summed E-state index contributed by atoms with van der Waals surface area (Å²) in [7, 11) is 0. The summed E-state index contributed by atoms with van der Waals surface area (Å²) in [6.45, 7) is 4.37. The number of hydrogen-bond donors (Lipinski definition) is 1. The Morgan fingerprint density at radius 1 is 1.43 bits per heavy atom. The van der Waals surface area contributed by atoms with Gasteiger partial charge in [0.05, 0.1) is 24.5 Å². The molecule has 1 aliphatic carbocycles. The van der Waals surface area contributed by atoms with Crippen LogP contribution in [0.5, 0.6) is 0 Å². The number of ether oxygens (including phenoxy) is 1. The Bertz CT molecular complexity index is 533. The van der Waals surface area contributed by atoms with Crippen molar-refractivity contribution in [2.45, 2.75) is 56.3 Å². The first-order valence-electron chi connectivity index (χ1n) is 8.10. The monoisotopic (exact) mass is 356 g/mol. The highest BCUT2D eigenvalue weighted by Gasteiger charge is 2.22. The molecule has 0 saturated heterocycles. The first kappa shape index (κ1) is 18.3. The zero-order valence-corrected chi connectivity index (χ0v) is 15.3. The van der Waals surface area contributed by atoms with Gasteiger partial charge in [0.2, 0.25) is 5.91 Å². The van der Waals surface area contributed by atoms with Crippen LogP contribution >= 0.6 is 23.1 Å². The molecule has 2 rings (SSSR count). The molecule has 5 nitrogen and oxygen atoms in total. The average Bonchev–Trinajstić information content (AvgIpc) is 2.95. The smallest absolute Gasteiger partial charge is 0.311 e. The lowest BCUT2D eigenvalue weighted by Crippen LogP contribution is -2.41. The summed E-state index contributed by atoms with van der Waals surface area (Å²) in [5.41, 5.74) is 0.706. The Hall–Kier alpha value is -1.08. The molecule has 1 heterocycles. The van der Waals surface area contributed by atoms with Gasteiger partial charge in [-0.1, -0.05) is 31.5 Å². The number of carbonyl (C=O) groups is 2. The summed E-state index contributed by atoms with van der Waals surface area (Å²) in [6, 6.07) is 0.313. The average molecular weight is 357 g/mol. The van der Waals surface area contributed by atoms with Gasteiger partial charge in [-0.15, -0.1) is 11.3 Å². The molecule has 0 radical (unpaired) electrons. The maximum Gasteiger partial charge on any atom is 0.311 e. The number of amides is 1. The topological polar surface area (TPSA) is 68.3 Å². The van der Waals surface area contributed by atoms with E-state index in [1.54, 1.807) is 6.92 Å². The van der Waals surface area contributed by atoms with Gasteiger partial charge in [0.25, 0.3) is 0 Å². The van der Waals surface area contributed by atoms with Gasteiger partial charge >= 0.3 is 5.97 Å². The van der Waals surface area contributed by atoms with Gasteiger partial charge in [-0.3, -0.25) is 9.59 Å². The highest BCUT2D eigenvalue weighted by molar-refractivity contribution is 8.01. The van der Waals surface area contributed by atoms with Crippen LogP contribution in [0.15, 0.2) is 9.72 Å². The number of thiazole rings is 1. The molecule has 7 heteroatoms. The van der Waals surface area contributed by atoms with Crippen LogP contribution in [0.4, 0.5) is 0 Å². The van der Waals surface area contributed by atoms with Crippen molar-refractivity contribution in [3.8, 4) is 0 Å². The number of rotatable bonds is 7.